The summed E-state index contributed by atoms with van der Waals surface area (Å²) in [5, 5.41) is 5.91. The molecule has 8 rings (SSSR count). The summed E-state index contributed by atoms with van der Waals surface area (Å²) in [4.78, 5) is 17.5. The molecule has 0 aliphatic heterocycles. The van der Waals surface area contributed by atoms with Gasteiger partial charge in [-0.3, -0.25) is 14.4 Å². The molecule has 0 aliphatic rings. The summed E-state index contributed by atoms with van der Waals surface area (Å²) in [5.74, 6) is 0. The second kappa shape index (κ2) is 6.89. The molecule has 36 heavy (non-hydrogen) atoms. The van der Waals surface area contributed by atoms with Gasteiger partial charge in [0.2, 0.25) is 0 Å². The maximum Gasteiger partial charge on any atom is 0.146 e. The molecule has 0 radical (unpaired) electrons. The van der Waals surface area contributed by atoms with Crippen molar-refractivity contribution in [2.45, 2.75) is 13.8 Å². The zero-order valence-corrected chi connectivity index (χ0v) is 19.9. The molecule has 0 saturated heterocycles. The van der Waals surface area contributed by atoms with Gasteiger partial charge in [-0.25, -0.2) is 4.98 Å². The van der Waals surface area contributed by atoms with E-state index in [0.717, 1.165) is 43.9 Å². The second-order valence-electron chi connectivity index (χ2n) is 9.62. The molecule has 5 aromatic heterocycles. The molecule has 0 unspecified atom stereocenters. The van der Waals surface area contributed by atoms with Gasteiger partial charge in [0, 0.05) is 51.2 Å². The number of nitrogens with one attached hydrogen (secondary N) is 1. The molecule has 5 heterocycles. The Morgan fingerprint density at radius 3 is 2.33 bits per heavy atom. The number of H-pyrrole nitrogens is 1. The number of nitrogens with zero attached hydrogens (tertiary/aromatic N) is 4. The van der Waals surface area contributed by atoms with Gasteiger partial charge in [0.25, 0.3) is 0 Å². The highest BCUT2D eigenvalue weighted by molar-refractivity contribution is 6.15. The van der Waals surface area contributed by atoms with Crippen LogP contribution in [0, 0.1) is 13.8 Å². The zero-order chi connectivity index (χ0) is 24.0. The molecule has 170 valence electrons. The Balaban J connectivity index is 1.49. The molecule has 0 atom stereocenters. The molecule has 0 fully saturated rings. The normalized spacial score (nSPS) is 12.2. The zero-order valence-electron chi connectivity index (χ0n) is 19.9. The third-order valence-corrected chi connectivity index (χ3v) is 7.53. The Hall–Kier alpha value is -4.77. The van der Waals surface area contributed by atoms with E-state index in [1.807, 2.05) is 24.7 Å². The largest absolute Gasteiger partial charge is 0.354 e. The molecule has 0 amide bonds. The molecule has 8 aromatic rings. The lowest BCUT2D eigenvalue weighted by molar-refractivity contribution is 1.26. The van der Waals surface area contributed by atoms with E-state index in [2.05, 4.69) is 87.8 Å². The summed E-state index contributed by atoms with van der Waals surface area (Å²) in [6.07, 6.45) is 7.50. The molecule has 0 bridgehead atoms. The summed E-state index contributed by atoms with van der Waals surface area (Å²) < 4.78 is 2.21. The van der Waals surface area contributed by atoms with E-state index in [4.69, 9.17) is 4.98 Å². The summed E-state index contributed by atoms with van der Waals surface area (Å²) in [6, 6.07) is 21.7. The van der Waals surface area contributed by atoms with Crippen LogP contribution in [0.5, 0.6) is 0 Å². The van der Waals surface area contributed by atoms with E-state index < -0.39 is 0 Å². The van der Waals surface area contributed by atoms with Crippen LogP contribution in [0.1, 0.15) is 11.1 Å². The van der Waals surface area contributed by atoms with Gasteiger partial charge in [0.05, 0.1) is 22.7 Å². The molecular formula is C31H21N5. The minimum absolute atomic E-state index is 0.942. The average Bonchev–Trinajstić information content (AvgIpc) is 3.47. The Labute approximate surface area is 206 Å². The Morgan fingerprint density at radius 1 is 0.639 bits per heavy atom. The van der Waals surface area contributed by atoms with Crippen molar-refractivity contribution in [2.75, 3.05) is 0 Å². The quantitative estimate of drug-likeness (QED) is 0.256. The maximum absolute atomic E-state index is 5.02. The highest BCUT2D eigenvalue weighted by atomic mass is 15.0. The highest BCUT2D eigenvalue weighted by Gasteiger charge is 2.17. The van der Waals surface area contributed by atoms with Crippen molar-refractivity contribution in [3.05, 3.63) is 96.6 Å². The van der Waals surface area contributed by atoms with Gasteiger partial charge in [-0.2, -0.15) is 0 Å². The minimum Gasteiger partial charge on any atom is -0.354 e. The van der Waals surface area contributed by atoms with Crippen molar-refractivity contribution < 1.29 is 0 Å². The molecule has 0 spiro atoms. The fourth-order valence-electron chi connectivity index (χ4n) is 5.84. The van der Waals surface area contributed by atoms with Crippen molar-refractivity contribution in [3.63, 3.8) is 0 Å². The van der Waals surface area contributed by atoms with Crippen molar-refractivity contribution in [1.82, 2.24) is 24.3 Å². The number of para-hydroxylation sites is 1. The Kier molecular flexibility index (Phi) is 3.74. The number of rotatable bonds is 1. The van der Waals surface area contributed by atoms with Crippen LogP contribution in [-0.2, 0) is 0 Å². The van der Waals surface area contributed by atoms with Crippen LogP contribution in [0.15, 0.2) is 85.5 Å². The monoisotopic (exact) mass is 463 g/mol. The van der Waals surface area contributed by atoms with Crippen molar-refractivity contribution in [1.29, 1.82) is 0 Å². The standard InChI is InChI=1S/C31H21N5/c1-17-11-23-19-5-3-4-6-26(19)34-28(23)14-21(17)20-13-22-24(12-18(20)2)31-35-27-7-9-33-16-30(27)36(31)29-8-10-32-15-25(22)29/h3-16,34H,1-2H3. The lowest BCUT2D eigenvalue weighted by atomic mass is 9.92. The van der Waals surface area contributed by atoms with Crippen molar-refractivity contribution in [2.24, 2.45) is 0 Å². The minimum atomic E-state index is 0.942. The SMILES string of the molecule is Cc1cc2c(cc1-c1cc3c4cnccc4n4c5cnccc5nc4c3cc1C)[nH]c1ccccc12. The third kappa shape index (κ3) is 2.52. The van der Waals surface area contributed by atoms with Crippen molar-refractivity contribution >= 4 is 60.2 Å². The third-order valence-electron chi connectivity index (χ3n) is 7.53. The molecule has 1 N–H and O–H groups in total. The van der Waals surface area contributed by atoms with Crippen molar-refractivity contribution in [3.8, 4) is 11.1 Å². The van der Waals surface area contributed by atoms with Crippen LogP contribution in [0.3, 0.4) is 0 Å². The Morgan fingerprint density at radius 2 is 1.42 bits per heavy atom. The van der Waals surface area contributed by atoms with E-state index in [1.54, 1.807) is 6.20 Å². The van der Waals surface area contributed by atoms with Gasteiger partial charge in [0.15, 0.2) is 0 Å². The summed E-state index contributed by atoms with van der Waals surface area (Å²) in [6.45, 7) is 4.40. The van der Waals surface area contributed by atoms with Crippen LogP contribution in [0.4, 0.5) is 0 Å². The second-order valence-corrected chi connectivity index (χ2v) is 9.62. The van der Waals surface area contributed by atoms with Gasteiger partial charge in [-0.1, -0.05) is 18.2 Å². The first-order valence-electron chi connectivity index (χ1n) is 12.1. The number of benzene rings is 3. The number of aromatic amines is 1. The number of pyridine rings is 3. The number of hydrogen-bond donors (Lipinski definition) is 1. The fraction of sp³-hybridized carbons (Fsp3) is 0.0645. The smallest absolute Gasteiger partial charge is 0.146 e. The maximum atomic E-state index is 5.02. The van der Waals surface area contributed by atoms with Crippen LogP contribution in [0.25, 0.3) is 71.3 Å². The number of hydrogen-bond acceptors (Lipinski definition) is 3. The van der Waals surface area contributed by atoms with E-state index >= 15 is 0 Å². The predicted molar refractivity (Wildman–Crippen MR) is 148 cm³/mol. The number of aromatic nitrogens is 5. The van der Waals surface area contributed by atoms with Gasteiger partial charge in [-0.05, 0) is 84.0 Å². The topological polar surface area (TPSA) is 58.9 Å². The molecule has 5 heteroatoms. The fourth-order valence-corrected chi connectivity index (χ4v) is 5.84. The lowest BCUT2D eigenvalue weighted by Crippen LogP contribution is -1.95. The highest BCUT2D eigenvalue weighted by Crippen LogP contribution is 2.39. The first-order chi connectivity index (χ1) is 17.7. The van der Waals surface area contributed by atoms with E-state index in [9.17, 15) is 0 Å². The number of imidazole rings is 1. The van der Waals surface area contributed by atoms with Crippen LogP contribution in [-0.4, -0.2) is 24.3 Å². The Bertz CT molecular complexity index is 2180. The van der Waals surface area contributed by atoms with Crippen LogP contribution >= 0.6 is 0 Å². The van der Waals surface area contributed by atoms with Gasteiger partial charge < -0.3 is 4.98 Å². The molecule has 5 nitrogen and oxygen atoms in total. The summed E-state index contributed by atoms with van der Waals surface area (Å²) >= 11 is 0. The van der Waals surface area contributed by atoms with Gasteiger partial charge in [-0.15, -0.1) is 0 Å². The first-order valence-corrected chi connectivity index (χ1v) is 12.1. The predicted octanol–water partition coefficient (Wildman–Crippen LogP) is 7.50. The molecule has 0 aliphatic carbocycles. The van der Waals surface area contributed by atoms with Crippen LogP contribution < -0.4 is 0 Å². The summed E-state index contributed by atoms with van der Waals surface area (Å²) in [5.41, 5.74) is 11.3. The number of fused-ring (bicyclic) bond motifs is 11. The average molecular weight is 464 g/mol. The lowest BCUT2D eigenvalue weighted by Gasteiger charge is -2.14. The summed E-state index contributed by atoms with van der Waals surface area (Å²) in [7, 11) is 0. The first kappa shape index (κ1) is 19.5. The molecular weight excluding hydrogens is 442 g/mol. The molecule has 0 saturated carbocycles. The van der Waals surface area contributed by atoms with E-state index in [0.29, 0.717) is 0 Å². The van der Waals surface area contributed by atoms with Crippen LogP contribution in [0.2, 0.25) is 0 Å². The van der Waals surface area contributed by atoms with Gasteiger partial charge >= 0.3 is 0 Å². The van der Waals surface area contributed by atoms with E-state index in [-0.39, 0.29) is 0 Å². The van der Waals surface area contributed by atoms with E-state index in [1.165, 1.54) is 38.5 Å². The molecule has 3 aromatic carbocycles. The number of aryl methyl sites for hydroxylation is 2. The van der Waals surface area contributed by atoms with Gasteiger partial charge in [0.1, 0.15) is 5.65 Å².